The van der Waals surface area contributed by atoms with Gasteiger partial charge in [0.15, 0.2) is 0 Å². The fourth-order valence-corrected chi connectivity index (χ4v) is 5.10. The third kappa shape index (κ3) is 12.8. The van der Waals surface area contributed by atoms with Crippen molar-refractivity contribution in [2.75, 3.05) is 0 Å². The zero-order valence-corrected chi connectivity index (χ0v) is 33.1. The van der Waals surface area contributed by atoms with Crippen LogP contribution in [0.4, 0.5) is 0 Å². The molecule has 0 unspecified atom stereocenters. The summed E-state index contributed by atoms with van der Waals surface area (Å²) in [6, 6.07) is 13.3. The van der Waals surface area contributed by atoms with Gasteiger partial charge in [-0.05, 0) is 46.5 Å². The summed E-state index contributed by atoms with van der Waals surface area (Å²) in [5, 5.41) is 43.7. The summed E-state index contributed by atoms with van der Waals surface area (Å²) in [6.07, 6.45) is 41.3. The SMILES string of the molecule is C1=C[N-]C(=C2C=CC=C[N-]2)C=C1.C1=C[N-]C(=C2C=CC=C[N-]2)C=C1.O=C(O)c1ccc(C2=C[N-]C(=C3C=CC(c4ccc(C(=O)O)cc4)=C[N-]3)C=C2)cc1.[Cl-].[Cl-].[Ru+8]. The number of nitrogens with zero attached hydrogens (tertiary/aromatic N) is 6. The molecule has 8 rings (SSSR count). The van der Waals surface area contributed by atoms with E-state index in [9.17, 15) is 9.59 Å². The van der Waals surface area contributed by atoms with Gasteiger partial charge in [-0.1, -0.05) is 121 Å². The number of hydrogen-bond acceptors (Lipinski definition) is 2. The van der Waals surface area contributed by atoms with E-state index in [1.54, 1.807) is 85.7 Å². The van der Waals surface area contributed by atoms with E-state index in [0.29, 0.717) is 11.4 Å². The third-order valence-electron chi connectivity index (χ3n) is 7.90. The van der Waals surface area contributed by atoms with Crippen LogP contribution >= 0.6 is 0 Å². The molecule has 13 heteroatoms. The van der Waals surface area contributed by atoms with Crippen LogP contribution in [-0.4, -0.2) is 22.2 Å². The van der Waals surface area contributed by atoms with Crippen LogP contribution in [-0.2, 0) is 19.5 Å². The molecule has 0 radical (unpaired) electrons. The molecular formula is C44H32Cl2N6O4Ru. The van der Waals surface area contributed by atoms with Crippen molar-refractivity contribution >= 4 is 23.1 Å². The maximum Gasteiger partial charge on any atom is 8.00 e. The Hall–Kier alpha value is -6.52. The fourth-order valence-electron chi connectivity index (χ4n) is 5.10. The summed E-state index contributed by atoms with van der Waals surface area (Å²) >= 11 is 0. The molecule has 6 heterocycles. The van der Waals surface area contributed by atoms with Gasteiger partial charge in [-0.25, -0.2) is 9.59 Å². The Morgan fingerprint density at radius 3 is 0.860 bits per heavy atom. The van der Waals surface area contributed by atoms with Crippen LogP contribution in [0, 0.1) is 0 Å². The Bertz CT molecular complexity index is 2040. The molecule has 6 aliphatic heterocycles. The zero-order valence-electron chi connectivity index (χ0n) is 29.8. The van der Waals surface area contributed by atoms with Crippen LogP contribution < -0.4 is 24.8 Å². The number of benzene rings is 2. The van der Waals surface area contributed by atoms with E-state index in [1.165, 1.54) is 0 Å². The summed E-state index contributed by atoms with van der Waals surface area (Å²) in [5.74, 6) is -1.91. The van der Waals surface area contributed by atoms with Gasteiger partial charge in [-0.3, -0.25) is 0 Å². The first-order valence-electron chi connectivity index (χ1n) is 16.7. The Kier molecular flexibility index (Phi) is 17.9. The number of carboxylic acid groups (broad SMARTS) is 2. The second kappa shape index (κ2) is 22.8. The molecule has 0 aliphatic carbocycles. The van der Waals surface area contributed by atoms with Crippen molar-refractivity contribution in [2.45, 2.75) is 0 Å². The summed E-state index contributed by atoms with van der Waals surface area (Å²) < 4.78 is 0. The smallest absolute Gasteiger partial charge is 1.00 e. The molecule has 57 heavy (non-hydrogen) atoms. The Balaban J connectivity index is 0.000000265. The molecule has 0 bridgehead atoms. The van der Waals surface area contributed by atoms with E-state index in [1.807, 2.05) is 97.2 Å². The minimum atomic E-state index is -0.956. The molecule has 0 atom stereocenters. The van der Waals surface area contributed by atoms with Crippen LogP contribution in [0.15, 0.2) is 217 Å². The van der Waals surface area contributed by atoms with Gasteiger partial charge in [-0.2, -0.15) is 71.4 Å². The van der Waals surface area contributed by atoms with E-state index in [-0.39, 0.29) is 55.4 Å². The van der Waals surface area contributed by atoms with Gasteiger partial charge >= 0.3 is 31.4 Å². The van der Waals surface area contributed by atoms with Gasteiger partial charge in [0.1, 0.15) is 0 Å². The number of carboxylic acids is 2. The molecule has 6 aliphatic rings. The Morgan fingerprint density at radius 1 is 0.368 bits per heavy atom. The van der Waals surface area contributed by atoms with Crippen LogP contribution in [0.25, 0.3) is 43.0 Å². The predicted molar refractivity (Wildman–Crippen MR) is 215 cm³/mol. The minimum Gasteiger partial charge on any atom is -1.00 e. The van der Waals surface area contributed by atoms with E-state index < -0.39 is 11.9 Å². The molecule has 0 saturated carbocycles. The minimum absolute atomic E-state index is 0. The van der Waals surface area contributed by atoms with Crippen LogP contribution in [0.3, 0.4) is 0 Å². The van der Waals surface area contributed by atoms with Gasteiger partial charge in [0, 0.05) is 0 Å². The third-order valence-corrected chi connectivity index (χ3v) is 7.90. The maximum atomic E-state index is 11.0. The normalized spacial score (nSPS) is 19.9. The van der Waals surface area contributed by atoms with Crippen molar-refractivity contribution in [1.29, 1.82) is 0 Å². The summed E-state index contributed by atoms with van der Waals surface area (Å²) in [5.41, 5.74) is 9.10. The van der Waals surface area contributed by atoms with E-state index in [4.69, 9.17) is 10.2 Å². The molecule has 2 N–H and O–H groups in total. The molecular weight excluding hydrogens is 848 g/mol. The van der Waals surface area contributed by atoms with Crippen LogP contribution in [0.1, 0.15) is 31.8 Å². The number of rotatable bonds is 4. The van der Waals surface area contributed by atoms with Crippen molar-refractivity contribution in [3.63, 3.8) is 0 Å². The topological polar surface area (TPSA) is 159 Å². The zero-order chi connectivity index (χ0) is 37.5. The van der Waals surface area contributed by atoms with Gasteiger partial charge in [-0.15, -0.1) is 0 Å². The second-order valence-corrected chi connectivity index (χ2v) is 11.5. The van der Waals surface area contributed by atoms with Crippen molar-refractivity contribution in [3.05, 3.63) is 271 Å². The largest absolute Gasteiger partial charge is 8.00 e. The molecule has 0 spiro atoms. The molecule has 0 aromatic heterocycles. The molecule has 0 saturated heterocycles. The van der Waals surface area contributed by atoms with E-state index in [2.05, 4.69) is 31.9 Å². The first-order chi connectivity index (χ1) is 26.4. The summed E-state index contributed by atoms with van der Waals surface area (Å²) in [7, 11) is 0. The van der Waals surface area contributed by atoms with Gasteiger partial charge in [0.2, 0.25) is 0 Å². The molecule has 0 fully saturated rings. The molecule has 0 amide bonds. The Morgan fingerprint density at radius 2 is 0.649 bits per heavy atom. The van der Waals surface area contributed by atoms with E-state index in [0.717, 1.165) is 45.1 Å². The number of aromatic carboxylic acids is 2. The van der Waals surface area contributed by atoms with Gasteiger partial charge in [0.05, 0.1) is 11.1 Å². The first kappa shape index (κ1) is 44.9. The molecule has 2 aromatic carbocycles. The van der Waals surface area contributed by atoms with Crippen molar-refractivity contribution < 1.29 is 64.1 Å². The van der Waals surface area contributed by atoms with Crippen LogP contribution in [0.2, 0.25) is 0 Å². The number of halogens is 2. The average Bonchev–Trinajstić information content (AvgIpc) is 3.25. The second-order valence-electron chi connectivity index (χ2n) is 11.5. The number of allylic oxidation sites excluding steroid dienone is 18. The van der Waals surface area contributed by atoms with Crippen molar-refractivity contribution in [3.8, 4) is 0 Å². The maximum absolute atomic E-state index is 11.0. The fraction of sp³-hybridized carbons (Fsp3) is 0. The Labute approximate surface area is 356 Å². The van der Waals surface area contributed by atoms with Crippen molar-refractivity contribution in [1.82, 2.24) is 0 Å². The average molecular weight is 881 g/mol. The van der Waals surface area contributed by atoms with Gasteiger partial charge in [0.25, 0.3) is 0 Å². The quantitative estimate of drug-likeness (QED) is 0.373. The van der Waals surface area contributed by atoms with Gasteiger partial charge < -0.3 is 66.9 Å². The van der Waals surface area contributed by atoms with E-state index >= 15 is 0 Å². The number of carbonyl (C=O) groups is 2. The van der Waals surface area contributed by atoms with Crippen LogP contribution in [0.5, 0.6) is 0 Å². The number of hydrogen-bond donors (Lipinski definition) is 2. The summed E-state index contributed by atoms with van der Waals surface area (Å²) in [6.45, 7) is 0. The molecule has 2 aromatic rings. The monoisotopic (exact) mass is 880 g/mol. The first-order valence-corrected chi connectivity index (χ1v) is 16.7. The van der Waals surface area contributed by atoms with Crippen molar-refractivity contribution in [2.24, 2.45) is 0 Å². The molecule has 284 valence electrons. The standard InChI is InChI=1S/C24H16N2O4.2C10H8N2.2ClH.Ru/c27-23(28)17-5-1-15(2-6-17)19-9-11-21(25-13-19)22-12-10-20(14-26-22)16-3-7-18(8-4-16)24(29)30;2*1-3-7-11-9(5-1)10-6-2-4-8-12-10;;;/h1-14H,(H,27,28)(H,29,30);2*1-8H;2*1H;/q3*-2;;;+8/p-2. The summed E-state index contributed by atoms with van der Waals surface area (Å²) in [4.78, 5) is 21.9. The predicted octanol–water partition coefficient (Wildman–Crippen LogP) is 5.79. The molecule has 10 nitrogen and oxygen atoms in total.